The number of nitrogens with zero attached hydrogens (tertiary/aromatic N) is 2. The predicted molar refractivity (Wildman–Crippen MR) is 64.0 cm³/mol. The van der Waals surface area contributed by atoms with Crippen LogP contribution in [0.15, 0.2) is 4.52 Å². The molecule has 1 aromatic heterocycles. The van der Waals surface area contributed by atoms with Gasteiger partial charge in [0.15, 0.2) is 5.82 Å². The highest BCUT2D eigenvalue weighted by atomic mass is 16.5. The molecule has 0 aliphatic heterocycles. The van der Waals surface area contributed by atoms with E-state index in [-0.39, 0.29) is 11.5 Å². The van der Waals surface area contributed by atoms with Crippen LogP contribution in [0.3, 0.4) is 0 Å². The fourth-order valence-corrected chi connectivity index (χ4v) is 1.52. The summed E-state index contributed by atoms with van der Waals surface area (Å²) >= 11 is 0. The quantitative estimate of drug-likeness (QED) is 0.855. The number of hydrogen-bond acceptors (Lipinski definition) is 4. The summed E-state index contributed by atoms with van der Waals surface area (Å²) in [6.07, 6.45) is 2.18. The van der Waals surface area contributed by atoms with Gasteiger partial charge in [0.1, 0.15) is 0 Å². The SMILES string of the molecule is CCCC(C)c1nc(C(N)C(C)(C)C)no1. The van der Waals surface area contributed by atoms with Gasteiger partial charge < -0.3 is 10.3 Å². The third kappa shape index (κ3) is 3.04. The maximum atomic E-state index is 6.07. The van der Waals surface area contributed by atoms with E-state index in [4.69, 9.17) is 10.3 Å². The largest absolute Gasteiger partial charge is 0.339 e. The Hall–Kier alpha value is -0.900. The van der Waals surface area contributed by atoms with Crippen LogP contribution in [-0.2, 0) is 0 Å². The summed E-state index contributed by atoms with van der Waals surface area (Å²) in [4.78, 5) is 4.39. The van der Waals surface area contributed by atoms with Gasteiger partial charge in [-0.1, -0.05) is 46.2 Å². The Kier molecular flexibility index (Phi) is 4.08. The number of rotatable bonds is 4. The van der Waals surface area contributed by atoms with Crippen molar-refractivity contribution in [1.82, 2.24) is 10.1 Å². The first kappa shape index (κ1) is 13.2. The third-order valence-corrected chi connectivity index (χ3v) is 2.81. The molecule has 1 rings (SSSR count). The minimum atomic E-state index is -0.182. The zero-order chi connectivity index (χ0) is 12.3. The van der Waals surface area contributed by atoms with Gasteiger partial charge in [0.25, 0.3) is 0 Å². The highest BCUT2D eigenvalue weighted by molar-refractivity contribution is 5.00. The van der Waals surface area contributed by atoms with Gasteiger partial charge in [-0.25, -0.2) is 0 Å². The molecule has 1 aromatic rings. The molecule has 2 unspecified atom stereocenters. The highest BCUT2D eigenvalue weighted by Crippen LogP contribution is 2.29. The van der Waals surface area contributed by atoms with E-state index >= 15 is 0 Å². The Labute approximate surface area is 97.6 Å². The van der Waals surface area contributed by atoms with Crippen molar-refractivity contribution < 1.29 is 4.52 Å². The maximum Gasteiger partial charge on any atom is 0.229 e. The molecule has 4 nitrogen and oxygen atoms in total. The van der Waals surface area contributed by atoms with E-state index in [9.17, 15) is 0 Å². The summed E-state index contributed by atoms with van der Waals surface area (Å²) in [5, 5.41) is 3.97. The van der Waals surface area contributed by atoms with Crippen LogP contribution in [0.4, 0.5) is 0 Å². The summed E-state index contributed by atoms with van der Waals surface area (Å²) in [6, 6.07) is -0.182. The van der Waals surface area contributed by atoms with E-state index in [1.54, 1.807) is 0 Å². The molecule has 16 heavy (non-hydrogen) atoms. The predicted octanol–water partition coefficient (Wildman–Crippen LogP) is 3.02. The molecule has 0 saturated carbocycles. The first-order chi connectivity index (χ1) is 7.36. The number of hydrogen-bond donors (Lipinski definition) is 1. The Bertz CT molecular complexity index is 327. The molecule has 0 aliphatic carbocycles. The van der Waals surface area contributed by atoms with Crippen molar-refractivity contribution in [2.75, 3.05) is 0 Å². The van der Waals surface area contributed by atoms with Crippen LogP contribution in [-0.4, -0.2) is 10.1 Å². The zero-order valence-electron chi connectivity index (χ0n) is 10.9. The lowest BCUT2D eigenvalue weighted by molar-refractivity contribution is 0.298. The van der Waals surface area contributed by atoms with Crippen molar-refractivity contribution in [3.8, 4) is 0 Å². The normalized spacial score (nSPS) is 16.1. The summed E-state index contributed by atoms with van der Waals surface area (Å²) in [5.74, 6) is 1.64. The fraction of sp³-hybridized carbons (Fsp3) is 0.833. The second-order valence-corrected chi connectivity index (χ2v) is 5.52. The van der Waals surface area contributed by atoms with Crippen LogP contribution in [0.1, 0.15) is 71.1 Å². The molecule has 0 saturated heterocycles. The zero-order valence-corrected chi connectivity index (χ0v) is 10.9. The molecule has 0 amide bonds. The van der Waals surface area contributed by atoms with Crippen molar-refractivity contribution >= 4 is 0 Å². The minimum Gasteiger partial charge on any atom is -0.339 e. The van der Waals surface area contributed by atoms with Crippen molar-refractivity contribution in [2.45, 2.75) is 59.4 Å². The van der Waals surface area contributed by atoms with Crippen LogP contribution >= 0.6 is 0 Å². The van der Waals surface area contributed by atoms with Crippen molar-refractivity contribution in [3.05, 3.63) is 11.7 Å². The molecule has 0 radical (unpaired) electrons. The number of nitrogens with two attached hydrogens (primary N) is 1. The molecule has 0 bridgehead atoms. The third-order valence-electron chi connectivity index (χ3n) is 2.81. The molecule has 4 heteroatoms. The van der Waals surface area contributed by atoms with Crippen LogP contribution in [0.5, 0.6) is 0 Å². The van der Waals surface area contributed by atoms with Gasteiger partial charge in [0, 0.05) is 5.92 Å². The van der Waals surface area contributed by atoms with Gasteiger partial charge in [0.05, 0.1) is 6.04 Å². The van der Waals surface area contributed by atoms with E-state index in [0.717, 1.165) is 12.8 Å². The standard InChI is InChI=1S/C12H23N3O/c1-6-7-8(2)11-14-10(15-16-11)9(13)12(3,4)5/h8-9H,6-7,13H2,1-5H3. The molecule has 2 N–H and O–H groups in total. The maximum absolute atomic E-state index is 6.07. The second kappa shape index (κ2) is 4.95. The lowest BCUT2D eigenvalue weighted by Gasteiger charge is -2.23. The van der Waals surface area contributed by atoms with E-state index in [0.29, 0.717) is 17.6 Å². The van der Waals surface area contributed by atoms with Gasteiger partial charge in [-0.15, -0.1) is 0 Å². The van der Waals surface area contributed by atoms with Crippen LogP contribution in [0, 0.1) is 5.41 Å². The molecule has 0 aliphatic rings. The van der Waals surface area contributed by atoms with E-state index in [1.165, 1.54) is 0 Å². The van der Waals surface area contributed by atoms with Crippen molar-refractivity contribution in [3.63, 3.8) is 0 Å². The molecule has 0 spiro atoms. The topological polar surface area (TPSA) is 64.9 Å². The van der Waals surface area contributed by atoms with Crippen LogP contribution in [0.25, 0.3) is 0 Å². The van der Waals surface area contributed by atoms with Gasteiger partial charge in [-0.2, -0.15) is 4.98 Å². The number of aromatic nitrogens is 2. The molecule has 0 aromatic carbocycles. The summed E-state index contributed by atoms with van der Waals surface area (Å²) < 4.78 is 5.25. The lowest BCUT2D eigenvalue weighted by Crippen LogP contribution is -2.27. The smallest absolute Gasteiger partial charge is 0.229 e. The Morgan fingerprint density at radius 2 is 2.00 bits per heavy atom. The van der Waals surface area contributed by atoms with Crippen molar-refractivity contribution in [2.24, 2.45) is 11.1 Å². The fourth-order valence-electron chi connectivity index (χ4n) is 1.52. The Morgan fingerprint density at radius 1 is 1.38 bits per heavy atom. The lowest BCUT2D eigenvalue weighted by atomic mass is 9.87. The van der Waals surface area contributed by atoms with Crippen LogP contribution in [0.2, 0.25) is 0 Å². The molecule has 92 valence electrons. The minimum absolute atomic E-state index is 0.0465. The van der Waals surface area contributed by atoms with Crippen molar-refractivity contribution in [1.29, 1.82) is 0 Å². The molecule has 0 fully saturated rings. The van der Waals surface area contributed by atoms with E-state index in [1.807, 2.05) is 0 Å². The Morgan fingerprint density at radius 3 is 2.50 bits per heavy atom. The molecular weight excluding hydrogens is 202 g/mol. The summed E-state index contributed by atoms with van der Waals surface area (Å²) in [6.45, 7) is 10.5. The average Bonchev–Trinajstić information content (AvgIpc) is 2.64. The average molecular weight is 225 g/mol. The first-order valence-electron chi connectivity index (χ1n) is 5.95. The van der Waals surface area contributed by atoms with E-state index in [2.05, 4.69) is 44.8 Å². The molecule has 2 atom stereocenters. The van der Waals surface area contributed by atoms with Crippen LogP contribution < -0.4 is 5.73 Å². The van der Waals surface area contributed by atoms with Gasteiger partial charge in [-0.05, 0) is 11.8 Å². The van der Waals surface area contributed by atoms with Gasteiger partial charge in [-0.3, -0.25) is 0 Å². The highest BCUT2D eigenvalue weighted by Gasteiger charge is 2.27. The monoisotopic (exact) mass is 225 g/mol. The molecular formula is C12H23N3O. The molecule has 1 heterocycles. The second-order valence-electron chi connectivity index (χ2n) is 5.52. The first-order valence-corrected chi connectivity index (χ1v) is 5.95. The van der Waals surface area contributed by atoms with Gasteiger partial charge >= 0.3 is 0 Å². The van der Waals surface area contributed by atoms with Gasteiger partial charge in [0.2, 0.25) is 5.89 Å². The summed E-state index contributed by atoms with van der Waals surface area (Å²) in [5.41, 5.74) is 6.03. The summed E-state index contributed by atoms with van der Waals surface area (Å²) in [7, 11) is 0. The Balaban J connectivity index is 2.79. The van der Waals surface area contributed by atoms with E-state index < -0.39 is 0 Å².